The standard InChI is InChI=1S/C26H30N4OS/c31-26-29(24-12-19-32-25(24)30(26)21-23-10-5-2-6-11-23)14-7-13-27-15-17-28(18-16-27)20-22-8-3-1-4-9-22/h1-6,8-12,19H,7,13-18,20-21H2. The summed E-state index contributed by atoms with van der Waals surface area (Å²) in [5.41, 5.74) is 3.74. The molecule has 1 fully saturated rings. The average molecular weight is 447 g/mol. The van der Waals surface area contributed by atoms with Crippen molar-refractivity contribution < 1.29 is 0 Å². The van der Waals surface area contributed by atoms with E-state index < -0.39 is 0 Å². The molecule has 0 saturated carbocycles. The van der Waals surface area contributed by atoms with Gasteiger partial charge in [0.1, 0.15) is 4.83 Å². The van der Waals surface area contributed by atoms with Crippen molar-refractivity contribution in [3.05, 3.63) is 93.7 Å². The highest BCUT2D eigenvalue weighted by atomic mass is 32.1. The fourth-order valence-corrected chi connectivity index (χ4v) is 5.52. The Balaban J connectivity index is 1.16. The second-order valence-corrected chi connectivity index (χ2v) is 9.47. The van der Waals surface area contributed by atoms with E-state index in [0.717, 1.165) is 68.1 Å². The lowest BCUT2D eigenvalue weighted by molar-refractivity contribution is 0.125. The number of benzene rings is 2. The third kappa shape index (κ3) is 4.72. The van der Waals surface area contributed by atoms with Crippen molar-refractivity contribution in [2.24, 2.45) is 0 Å². The van der Waals surface area contributed by atoms with Crippen LogP contribution in [0.15, 0.2) is 76.9 Å². The Labute approximate surface area is 193 Å². The number of rotatable bonds is 8. The molecule has 5 nitrogen and oxygen atoms in total. The van der Waals surface area contributed by atoms with Gasteiger partial charge < -0.3 is 4.90 Å². The van der Waals surface area contributed by atoms with Gasteiger partial charge in [-0.15, -0.1) is 11.3 Å². The van der Waals surface area contributed by atoms with Gasteiger partial charge in [0.15, 0.2) is 0 Å². The molecule has 32 heavy (non-hydrogen) atoms. The molecule has 1 aliphatic rings. The van der Waals surface area contributed by atoms with Crippen molar-refractivity contribution >= 4 is 21.7 Å². The Bertz CT molecular complexity index is 1190. The number of piperazine rings is 1. The molecule has 0 unspecified atom stereocenters. The van der Waals surface area contributed by atoms with Gasteiger partial charge in [-0.05, 0) is 35.5 Å². The van der Waals surface area contributed by atoms with Gasteiger partial charge in [0.25, 0.3) is 0 Å². The van der Waals surface area contributed by atoms with E-state index in [-0.39, 0.29) is 5.69 Å². The van der Waals surface area contributed by atoms with E-state index in [1.54, 1.807) is 11.3 Å². The molecule has 0 aliphatic carbocycles. The maximum absolute atomic E-state index is 13.2. The van der Waals surface area contributed by atoms with Crippen LogP contribution < -0.4 is 5.69 Å². The lowest BCUT2D eigenvalue weighted by Gasteiger charge is -2.34. The van der Waals surface area contributed by atoms with Crippen LogP contribution in [0.4, 0.5) is 0 Å². The first-order valence-corrected chi connectivity index (χ1v) is 12.3. The molecule has 6 heteroatoms. The quantitative estimate of drug-likeness (QED) is 0.408. The number of hydrogen-bond acceptors (Lipinski definition) is 4. The number of thiophene rings is 1. The van der Waals surface area contributed by atoms with Crippen molar-refractivity contribution in [1.29, 1.82) is 0 Å². The van der Waals surface area contributed by atoms with Crippen LogP contribution in [0.25, 0.3) is 10.3 Å². The van der Waals surface area contributed by atoms with Gasteiger partial charge >= 0.3 is 5.69 Å². The van der Waals surface area contributed by atoms with Gasteiger partial charge in [0.05, 0.1) is 12.1 Å². The molecule has 1 aliphatic heterocycles. The van der Waals surface area contributed by atoms with Crippen molar-refractivity contribution in [3.8, 4) is 0 Å². The van der Waals surface area contributed by atoms with Crippen molar-refractivity contribution in [2.75, 3.05) is 32.7 Å². The number of fused-ring (bicyclic) bond motifs is 1. The van der Waals surface area contributed by atoms with E-state index in [1.807, 2.05) is 27.3 Å². The maximum Gasteiger partial charge on any atom is 0.330 e. The molecule has 0 bridgehead atoms. The van der Waals surface area contributed by atoms with E-state index in [4.69, 9.17) is 0 Å². The summed E-state index contributed by atoms with van der Waals surface area (Å²) in [6.07, 6.45) is 0.999. The van der Waals surface area contributed by atoms with Crippen LogP contribution >= 0.6 is 11.3 Å². The summed E-state index contributed by atoms with van der Waals surface area (Å²) < 4.78 is 3.90. The fraction of sp³-hybridized carbons (Fsp3) is 0.346. The third-order valence-electron chi connectivity index (χ3n) is 6.38. The van der Waals surface area contributed by atoms with Crippen LogP contribution in [-0.4, -0.2) is 51.7 Å². The SMILES string of the molecule is O=c1n(CCCN2CCN(Cc3ccccc3)CC2)c2ccsc2n1Cc1ccccc1. The molecular formula is C26H30N4OS. The number of nitrogens with zero attached hydrogens (tertiary/aromatic N) is 4. The highest BCUT2D eigenvalue weighted by Crippen LogP contribution is 2.21. The summed E-state index contributed by atoms with van der Waals surface area (Å²) in [5.74, 6) is 0. The predicted molar refractivity (Wildman–Crippen MR) is 132 cm³/mol. The van der Waals surface area contributed by atoms with E-state index in [0.29, 0.717) is 6.54 Å². The molecule has 0 spiro atoms. The summed E-state index contributed by atoms with van der Waals surface area (Å²) in [7, 11) is 0. The maximum atomic E-state index is 13.2. The fourth-order valence-electron chi connectivity index (χ4n) is 4.62. The predicted octanol–water partition coefficient (Wildman–Crippen LogP) is 4.12. The Morgan fingerprint density at radius 3 is 2.00 bits per heavy atom. The summed E-state index contributed by atoms with van der Waals surface area (Å²) in [5, 5.41) is 2.09. The summed E-state index contributed by atoms with van der Waals surface area (Å²) in [6, 6.07) is 23.1. The van der Waals surface area contributed by atoms with Gasteiger partial charge in [-0.3, -0.25) is 14.0 Å². The number of imidazole rings is 1. The summed E-state index contributed by atoms with van der Waals surface area (Å²) >= 11 is 1.66. The van der Waals surface area contributed by atoms with E-state index in [9.17, 15) is 4.79 Å². The van der Waals surface area contributed by atoms with Gasteiger partial charge in [0, 0.05) is 39.3 Å². The van der Waals surface area contributed by atoms with Crippen LogP contribution in [0.1, 0.15) is 17.5 Å². The van der Waals surface area contributed by atoms with Crippen LogP contribution in [0, 0.1) is 0 Å². The molecule has 4 aromatic rings. The van der Waals surface area contributed by atoms with Gasteiger partial charge in [0.2, 0.25) is 0 Å². The second-order valence-electron chi connectivity index (χ2n) is 8.57. The molecule has 0 amide bonds. The smallest absolute Gasteiger partial charge is 0.301 e. The van der Waals surface area contributed by atoms with E-state index >= 15 is 0 Å². The zero-order chi connectivity index (χ0) is 21.8. The minimum absolute atomic E-state index is 0.114. The van der Waals surface area contributed by atoms with Crippen molar-refractivity contribution in [1.82, 2.24) is 18.9 Å². The van der Waals surface area contributed by atoms with Gasteiger partial charge in [-0.2, -0.15) is 0 Å². The van der Waals surface area contributed by atoms with Crippen LogP contribution in [-0.2, 0) is 19.6 Å². The Morgan fingerprint density at radius 1 is 0.688 bits per heavy atom. The monoisotopic (exact) mass is 446 g/mol. The molecule has 0 atom stereocenters. The van der Waals surface area contributed by atoms with E-state index in [2.05, 4.69) is 63.7 Å². The zero-order valence-corrected chi connectivity index (χ0v) is 19.2. The Kier molecular flexibility index (Phi) is 6.53. The third-order valence-corrected chi connectivity index (χ3v) is 7.30. The Hall–Kier alpha value is -2.67. The minimum atomic E-state index is 0.114. The number of aromatic nitrogens is 2. The number of aryl methyl sites for hydroxylation is 1. The molecule has 3 heterocycles. The lowest BCUT2D eigenvalue weighted by atomic mass is 10.2. The average Bonchev–Trinajstić information content (AvgIpc) is 3.40. The molecule has 0 radical (unpaired) electrons. The second kappa shape index (κ2) is 9.86. The highest BCUT2D eigenvalue weighted by Gasteiger charge is 2.18. The van der Waals surface area contributed by atoms with Gasteiger partial charge in [-0.1, -0.05) is 60.7 Å². The zero-order valence-electron chi connectivity index (χ0n) is 18.4. The topological polar surface area (TPSA) is 33.4 Å². The van der Waals surface area contributed by atoms with E-state index in [1.165, 1.54) is 5.56 Å². The first-order valence-electron chi connectivity index (χ1n) is 11.5. The van der Waals surface area contributed by atoms with Crippen molar-refractivity contribution in [3.63, 3.8) is 0 Å². The normalized spacial score (nSPS) is 15.5. The molecule has 2 aromatic heterocycles. The largest absolute Gasteiger partial charge is 0.330 e. The molecule has 166 valence electrons. The molecule has 1 saturated heterocycles. The lowest BCUT2D eigenvalue weighted by Crippen LogP contribution is -2.46. The molecule has 2 aromatic carbocycles. The highest BCUT2D eigenvalue weighted by molar-refractivity contribution is 7.16. The van der Waals surface area contributed by atoms with Crippen LogP contribution in [0.5, 0.6) is 0 Å². The molecular weight excluding hydrogens is 416 g/mol. The van der Waals surface area contributed by atoms with Crippen LogP contribution in [0.3, 0.4) is 0 Å². The summed E-state index contributed by atoms with van der Waals surface area (Å²) in [6.45, 7) is 7.91. The summed E-state index contributed by atoms with van der Waals surface area (Å²) in [4.78, 5) is 19.3. The molecule has 0 N–H and O–H groups in total. The van der Waals surface area contributed by atoms with Gasteiger partial charge in [-0.25, -0.2) is 4.79 Å². The van der Waals surface area contributed by atoms with Crippen LogP contribution in [0.2, 0.25) is 0 Å². The van der Waals surface area contributed by atoms with Crippen molar-refractivity contribution in [2.45, 2.75) is 26.1 Å². The first kappa shape index (κ1) is 21.2. The number of hydrogen-bond donors (Lipinski definition) is 0. The Morgan fingerprint density at radius 2 is 1.31 bits per heavy atom. The minimum Gasteiger partial charge on any atom is -0.301 e. The first-order chi connectivity index (χ1) is 15.8. The molecule has 5 rings (SSSR count).